The lowest BCUT2D eigenvalue weighted by Crippen LogP contribution is -2.45. The second-order valence-electron chi connectivity index (χ2n) is 6.56. The Bertz CT molecular complexity index is 697. The summed E-state index contributed by atoms with van der Waals surface area (Å²) in [6.07, 6.45) is 4.79. The maximum atomic E-state index is 6.05. The Hall–Kier alpha value is -0.580. The van der Waals surface area contributed by atoms with E-state index in [4.69, 9.17) is 11.6 Å². The first kappa shape index (κ1) is 15.0. The van der Waals surface area contributed by atoms with E-state index >= 15 is 0 Å². The molecular formula is C19H19ClIN. The van der Waals surface area contributed by atoms with Gasteiger partial charge in [-0.1, -0.05) is 29.8 Å². The first-order valence-corrected chi connectivity index (χ1v) is 9.40. The van der Waals surface area contributed by atoms with Crippen molar-refractivity contribution >= 4 is 34.2 Å². The molecule has 0 bridgehead atoms. The number of nitrogens with one attached hydrogen (secondary N) is 1. The van der Waals surface area contributed by atoms with Gasteiger partial charge in [-0.25, -0.2) is 0 Å². The molecule has 0 aromatic heterocycles. The number of fused-ring (bicyclic) bond motifs is 3. The molecule has 1 saturated heterocycles. The van der Waals surface area contributed by atoms with E-state index in [1.165, 1.54) is 28.4 Å². The van der Waals surface area contributed by atoms with Gasteiger partial charge in [0.05, 0.1) is 0 Å². The van der Waals surface area contributed by atoms with Crippen LogP contribution in [0.15, 0.2) is 42.5 Å². The normalized spacial score (nSPS) is 26.5. The number of halogens is 2. The van der Waals surface area contributed by atoms with Crippen LogP contribution in [0, 0.1) is 3.57 Å². The molecule has 0 spiro atoms. The van der Waals surface area contributed by atoms with Gasteiger partial charge in [-0.15, -0.1) is 0 Å². The van der Waals surface area contributed by atoms with Gasteiger partial charge < -0.3 is 5.32 Å². The molecule has 0 radical (unpaired) electrons. The number of aryl methyl sites for hydroxylation is 1. The van der Waals surface area contributed by atoms with Gasteiger partial charge in [0.25, 0.3) is 0 Å². The van der Waals surface area contributed by atoms with Crippen LogP contribution in [0.2, 0.25) is 5.02 Å². The van der Waals surface area contributed by atoms with E-state index in [2.05, 4.69) is 58.2 Å². The number of hydrogen-bond donors (Lipinski definition) is 1. The van der Waals surface area contributed by atoms with E-state index in [-0.39, 0.29) is 5.41 Å². The molecule has 2 aliphatic rings. The Balaban J connectivity index is 1.78. The van der Waals surface area contributed by atoms with Crippen LogP contribution < -0.4 is 5.32 Å². The lowest BCUT2D eigenvalue weighted by Gasteiger charge is -2.41. The van der Waals surface area contributed by atoms with Crippen molar-refractivity contribution in [2.75, 3.05) is 6.54 Å². The second kappa shape index (κ2) is 5.81. The van der Waals surface area contributed by atoms with Crippen LogP contribution in [-0.4, -0.2) is 12.6 Å². The van der Waals surface area contributed by atoms with Crippen LogP contribution in [0.4, 0.5) is 0 Å². The Morgan fingerprint density at radius 1 is 1.18 bits per heavy atom. The topological polar surface area (TPSA) is 12.0 Å². The highest BCUT2D eigenvalue weighted by Crippen LogP contribution is 2.45. The summed E-state index contributed by atoms with van der Waals surface area (Å²) >= 11 is 8.48. The molecule has 1 fully saturated rings. The summed E-state index contributed by atoms with van der Waals surface area (Å²) in [6, 6.07) is 16.0. The van der Waals surface area contributed by atoms with Gasteiger partial charge in [-0.3, -0.25) is 0 Å². The molecule has 2 unspecified atom stereocenters. The van der Waals surface area contributed by atoms with E-state index in [1.54, 1.807) is 11.1 Å². The molecule has 1 N–H and O–H groups in total. The summed E-state index contributed by atoms with van der Waals surface area (Å²) in [6.45, 7) is 1.13. The van der Waals surface area contributed by atoms with Gasteiger partial charge in [0.1, 0.15) is 0 Å². The van der Waals surface area contributed by atoms with Crippen molar-refractivity contribution in [2.45, 2.75) is 37.1 Å². The summed E-state index contributed by atoms with van der Waals surface area (Å²) < 4.78 is 1.35. The highest BCUT2D eigenvalue weighted by molar-refractivity contribution is 14.1. The second-order valence-corrected chi connectivity index (χ2v) is 8.24. The van der Waals surface area contributed by atoms with Gasteiger partial charge in [0, 0.05) is 20.0 Å². The zero-order valence-corrected chi connectivity index (χ0v) is 15.3. The van der Waals surface area contributed by atoms with E-state index in [9.17, 15) is 0 Å². The highest BCUT2D eigenvalue weighted by Gasteiger charge is 2.47. The van der Waals surface area contributed by atoms with Gasteiger partial charge in [0.15, 0.2) is 0 Å². The summed E-state index contributed by atoms with van der Waals surface area (Å²) in [4.78, 5) is 0. The molecule has 0 amide bonds. The fourth-order valence-electron chi connectivity index (χ4n) is 4.37. The average molecular weight is 424 g/mol. The summed E-state index contributed by atoms with van der Waals surface area (Å²) in [5.74, 6) is 0. The largest absolute Gasteiger partial charge is 0.313 e. The third-order valence-corrected chi connectivity index (χ3v) is 6.29. The molecule has 1 nitrogen and oxygen atoms in total. The van der Waals surface area contributed by atoms with Crippen LogP contribution in [0.1, 0.15) is 29.5 Å². The van der Waals surface area contributed by atoms with E-state index in [0.29, 0.717) is 6.04 Å². The van der Waals surface area contributed by atoms with E-state index in [0.717, 1.165) is 18.0 Å². The summed E-state index contributed by atoms with van der Waals surface area (Å²) in [7, 11) is 0. The highest BCUT2D eigenvalue weighted by atomic mass is 127. The van der Waals surface area contributed by atoms with Crippen LogP contribution >= 0.6 is 34.2 Å². The zero-order valence-electron chi connectivity index (χ0n) is 12.4. The standard InChI is InChI=1S/C19H19ClIN/c20-15-4-1-13(2-5-15)12-19-9-10-22-18(19)8-3-14-11-16(21)6-7-17(14)19/h1-2,4-7,11,18,22H,3,8-10,12H2. The van der Waals surface area contributed by atoms with Crippen molar-refractivity contribution in [3.63, 3.8) is 0 Å². The lowest BCUT2D eigenvalue weighted by atomic mass is 9.64. The number of hydrogen-bond acceptors (Lipinski definition) is 1. The predicted molar refractivity (Wildman–Crippen MR) is 101 cm³/mol. The Morgan fingerprint density at radius 2 is 2.00 bits per heavy atom. The van der Waals surface area contributed by atoms with Crippen molar-refractivity contribution in [1.29, 1.82) is 0 Å². The summed E-state index contributed by atoms with van der Waals surface area (Å²) in [5.41, 5.74) is 4.78. The molecule has 1 aliphatic carbocycles. The molecule has 4 rings (SSSR count). The fourth-order valence-corrected chi connectivity index (χ4v) is 5.05. The maximum absolute atomic E-state index is 6.05. The first-order chi connectivity index (χ1) is 10.7. The van der Waals surface area contributed by atoms with Crippen molar-refractivity contribution in [2.24, 2.45) is 0 Å². The average Bonchev–Trinajstić information content (AvgIpc) is 2.93. The smallest absolute Gasteiger partial charge is 0.0406 e. The van der Waals surface area contributed by atoms with E-state index in [1.807, 2.05) is 12.1 Å². The molecule has 2 atom stereocenters. The number of rotatable bonds is 2. The third-order valence-electron chi connectivity index (χ3n) is 5.37. The first-order valence-electron chi connectivity index (χ1n) is 7.94. The van der Waals surface area contributed by atoms with E-state index < -0.39 is 0 Å². The van der Waals surface area contributed by atoms with Crippen LogP contribution in [-0.2, 0) is 18.3 Å². The van der Waals surface area contributed by atoms with Crippen LogP contribution in [0.25, 0.3) is 0 Å². The molecule has 1 heterocycles. The molecule has 114 valence electrons. The number of benzene rings is 2. The van der Waals surface area contributed by atoms with Crippen LogP contribution in [0.5, 0.6) is 0 Å². The third kappa shape index (κ3) is 2.49. The monoisotopic (exact) mass is 423 g/mol. The van der Waals surface area contributed by atoms with Gasteiger partial charge >= 0.3 is 0 Å². The Labute approximate surface area is 150 Å². The van der Waals surface area contributed by atoms with Crippen molar-refractivity contribution < 1.29 is 0 Å². The quantitative estimate of drug-likeness (QED) is 0.689. The molecule has 2 aromatic carbocycles. The van der Waals surface area contributed by atoms with Crippen molar-refractivity contribution in [1.82, 2.24) is 5.32 Å². The maximum Gasteiger partial charge on any atom is 0.0406 e. The van der Waals surface area contributed by atoms with Gasteiger partial charge in [-0.2, -0.15) is 0 Å². The van der Waals surface area contributed by atoms with Gasteiger partial charge in [0.2, 0.25) is 0 Å². The summed E-state index contributed by atoms with van der Waals surface area (Å²) in [5, 5.41) is 4.58. The molecule has 22 heavy (non-hydrogen) atoms. The molecular weight excluding hydrogens is 405 g/mol. The van der Waals surface area contributed by atoms with Crippen molar-refractivity contribution in [3.8, 4) is 0 Å². The minimum atomic E-state index is 0.256. The molecule has 0 saturated carbocycles. The predicted octanol–water partition coefficient (Wildman–Crippen LogP) is 4.73. The SMILES string of the molecule is Clc1ccc(CC23CCNC2CCc2cc(I)ccc23)cc1. The zero-order chi connectivity index (χ0) is 15.2. The molecule has 1 aliphatic heterocycles. The van der Waals surface area contributed by atoms with Crippen molar-refractivity contribution in [3.05, 3.63) is 67.7 Å². The van der Waals surface area contributed by atoms with Gasteiger partial charge in [-0.05, 0) is 95.8 Å². The molecule has 2 aromatic rings. The Kier molecular flexibility index (Phi) is 3.95. The van der Waals surface area contributed by atoms with Crippen LogP contribution in [0.3, 0.4) is 0 Å². The Morgan fingerprint density at radius 3 is 2.82 bits per heavy atom. The minimum absolute atomic E-state index is 0.256. The minimum Gasteiger partial charge on any atom is -0.313 e. The fraction of sp³-hybridized carbons (Fsp3) is 0.368. The molecule has 3 heteroatoms. The lowest BCUT2D eigenvalue weighted by molar-refractivity contribution is 0.326.